The van der Waals surface area contributed by atoms with Crippen molar-refractivity contribution in [2.75, 3.05) is 19.7 Å². The third-order valence-electron chi connectivity index (χ3n) is 5.04. The quantitative estimate of drug-likeness (QED) is 0.706. The Morgan fingerprint density at radius 1 is 1.04 bits per heavy atom. The van der Waals surface area contributed by atoms with E-state index in [0.29, 0.717) is 12.2 Å². The number of carbonyl (C=O) groups is 1. The van der Waals surface area contributed by atoms with E-state index in [0.717, 1.165) is 35.9 Å². The zero-order chi connectivity index (χ0) is 18.2. The minimum Gasteiger partial charge on any atom is -0.492 e. The SMILES string of the molecule is NC(=O)c1cccc(-c2ccc(OCCNCC3CCCCC3)cc2)c1. The number of nitrogens with one attached hydrogen (secondary N) is 1. The van der Waals surface area contributed by atoms with Gasteiger partial charge < -0.3 is 15.8 Å². The number of amides is 1. The van der Waals surface area contributed by atoms with Gasteiger partial charge in [0, 0.05) is 12.1 Å². The molecule has 4 heteroatoms. The van der Waals surface area contributed by atoms with Gasteiger partial charge in [-0.15, -0.1) is 0 Å². The second kappa shape index (κ2) is 9.39. The van der Waals surface area contributed by atoms with Gasteiger partial charge in [-0.05, 0) is 60.7 Å². The molecule has 0 bridgehead atoms. The zero-order valence-electron chi connectivity index (χ0n) is 15.2. The second-order valence-electron chi connectivity index (χ2n) is 7.03. The van der Waals surface area contributed by atoms with Crippen molar-refractivity contribution in [1.82, 2.24) is 5.32 Å². The summed E-state index contributed by atoms with van der Waals surface area (Å²) in [7, 11) is 0. The number of carbonyl (C=O) groups excluding carboxylic acids is 1. The number of nitrogens with two attached hydrogens (primary N) is 1. The molecule has 4 nitrogen and oxygen atoms in total. The highest BCUT2D eigenvalue weighted by atomic mass is 16.5. The van der Waals surface area contributed by atoms with Crippen LogP contribution in [0.4, 0.5) is 0 Å². The van der Waals surface area contributed by atoms with Crippen LogP contribution in [-0.4, -0.2) is 25.6 Å². The molecule has 2 aromatic rings. The third-order valence-corrected chi connectivity index (χ3v) is 5.04. The van der Waals surface area contributed by atoms with Crippen LogP contribution >= 0.6 is 0 Å². The highest BCUT2D eigenvalue weighted by Crippen LogP contribution is 2.24. The molecule has 3 rings (SSSR count). The molecule has 0 aromatic heterocycles. The Morgan fingerprint density at radius 2 is 1.81 bits per heavy atom. The molecular weight excluding hydrogens is 324 g/mol. The molecule has 0 spiro atoms. The summed E-state index contributed by atoms with van der Waals surface area (Å²) in [6, 6.07) is 15.3. The monoisotopic (exact) mass is 352 g/mol. The minimum absolute atomic E-state index is 0.410. The molecule has 1 aliphatic carbocycles. The minimum atomic E-state index is -0.410. The Morgan fingerprint density at radius 3 is 2.54 bits per heavy atom. The van der Waals surface area contributed by atoms with Gasteiger partial charge in [0.2, 0.25) is 5.91 Å². The van der Waals surface area contributed by atoms with E-state index in [1.807, 2.05) is 42.5 Å². The Balaban J connectivity index is 1.44. The van der Waals surface area contributed by atoms with Crippen molar-refractivity contribution in [2.24, 2.45) is 11.7 Å². The van der Waals surface area contributed by atoms with Crippen LogP contribution in [-0.2, 0) is 0 Å². The number of benzene rings is 2. The third kappa shape index (κ3) is 5.33. The summed E-state index contributed by atoms with van der Waals surface area (Å²) in [4.78, 5) is 11.3. The highest BCUT2D eigenvalue weighted by molar-refractivity contribution is 5.94. The molecule has 0 unspecified atom stereocenters. The van der Waals surface area contributed by atoms with Crippen LogP contribution in [0.15, 0.2) is 48.5 Å². The topological polar surface area (TPSA) is 64.4 Å². The largest absolute Gasteiger partial charge is 0.492 e. The van der Waals surface area contributed by atoms with E-state index in [2.05, 4.69) is 5.32 Å². The fourth-order valence-corrected chi connectivity index (χ4v) is 3.53. The molecule has 26 heavy (non-hydrogen) atoms. The number of ether oxygens (including phenoxy) is 1. The maximum absolute atomic E-state index is 11.3. The standard InChI is InChI=1S/C22H28N2O2/c23-22(25)20-8-4-7-19(15-20)18-9-11-21(12-10-18)26-14-13-24-16-17-5-2-1-3-6-17/h4,7-12,15,17,24H,1-3,5-6,13-14,16H2,(H2,23,25). The molecule has 1 amide bonds. The molecule has 0 saturated heterocycles. The summed E-state index contributed by atoms with van der Waals surface area (Å²) in [5, 5.41) is 3.51. The van der Waals surface area contributed by atoms with Gasteiger partial charge in [-0.25, -0.2) is 0 Å². The molecule has 2 aromatic carbocycles. The molecule has 0 heterocycles. The van der Waals surface area contributed by atoms with Crippen molar-refractivity contribution in [3.05, 3.63) is 54.1 Å². The van der Waals surface area contributed by atoms with E-state index in [9.17, 15) is 4.79 Å². The van der Waals surface area contributed by atoms with Crippen LogP contribution < -0.4 is 15.8 Å². The van der Waals surface area contributed by atoms with Gasteiger partial charge >= 0.3 is 0 Å². The normalized spacial score (nSPS) is 14.9. The molecule has 1 aliphatic rings. The molecule has 3 N–H and O–H groups in total. The lowest BCUT2D eigenvalue weighted by atomic mass is 9.89. The highest BCUT2D eigenvalue weighted by Gasteiger charge is 2.12. The van der Waals surface area contributed by atoms with Crippen molar-refractivity contribution in [3.8, 4) is 16.9 Å². The van der Waals surface area contributed by atoms with Gasteiger partial charge in [-0.1, -0.05) is 43.5 Å². The predicted octanol–water partition coefficient (Wildman–Crippen LogP) is 4.00. The average molecular weight is 352 g/mol. The van der Waals surface area contributed by atoms with E-state index in [1.165, 1.54) is 32.1 Å². The van der Waals surface area contributed by atoms with Crippen LogP contribution in [0, 0.1) is 5.92 Å². The van der Waals surface area contributed by atoms with Crippen LogP contribution in [0.3, 0.4) is 0 Å². The predicted molar refractivity (Wildman–Crippen MR) is 105 cm³/mol. The Kier molecular flexibility index (Phi) is 6.67. The van der Waals surface area contributed by atoms with Gasteiger partial charge in [-0.2, -0.15) is 0 Å². The Hall–Kier alpha value is -2.33. The van der Waals surface area contributed by atoms with E-state index in [-0.39, 0.29) is 0 Å². The first kappa shape index (κ1) is 18.5. The number of hydrogen-bond acceptors (Lipinski definition) is 3. The molecule has 0 aliphatic heterocycles. The second-order valence-corrected chi connectivity index (χ2v) is 7.03. The molecule has 138 valence electrons. The summed E-state index contributed by atoms with van der Waals surface area (Å²) in [6.07, 6.45) is 6.91. The smallest absolute Gasteiger partial charge is 0.248 e. The summed E-state index contributed by atoms with van der Waals surface area (Å²) < 4.78 is 5.81. The van der Waals surface area contributed by atoms with E-state index in [4.69, 9.17) is 10.5 Å². The number of rotatable bonds is 8. The fourth-order valence-electron chi connectivity index (χ4n) is 3.53. The molecular formula is C22H28N2O2. The lowest BCUT2D eigenvalue weighted by Gasteiger charge is -2.21. The first-order valence-electron chi connectivity index (χ1n) is 9.56. The van der Waals surface area contributed by atoms with Gasteiger partial charge in [0.05, 0.1) is 0 Å². The zero-order valence-corrected chi connectivity index (χ0v) is 15.2. The first-order valence-corrected chi connectivity index (χ1v) is 9.56. The lowest BCUT2D eigenvalue weighted by molar-refractivity contribution is 0.100. The number of hydrogen-bond donors (Lipinski definition) is 2. The van der Waals surface area contributed by atoms with Crippen LogP contribution in [0.2, 0.25) is 0 Å². The van der Waals surface area contributed by atoms with Crippen molar-refractivity contribution in [1.29, 1.82) is 0 Å². The average Bonchev–Trinajstić information content (AvgIpc) is 2.69. The first-order chi connectivity index (χ1) is 12.7. The van der Waals surface area contributed by atoms with Gasteiger partial charge in [-0.3, -0.25) is 4.79 Å². The number of primary amides is 1. The van der Waals surface area contributed by atoms with Crippen molar-refractivity contribution < 1.29 is 9.53 Å². The van der Waals surface area contributed by atoms with Crippen molar-refractivity contribution >= 4 is 5.91 Å². The van der Waals surface area contributed by atoms with E-state index >= 15 is 0 Å². The lowest BCUT2D eigenvalue weighted by Crippen LogP contribution is -2.28. The Bertz CT molecular complexity index is 706. The summed E-state index contributed by atoms with van der Waals surface area (Å²) in [6.45, 7) is 2.65. The molecule has 0 atom stereocenters. The maximum atomic E-state index is 11.3. The molecule has 1 saturated carbocycles. The summed E-state index contributed by atoms with van der Waals surface area (Å²) >= 11 is 0. The van der Waals surface area contributed by atoms with Crippen LogP contribution in [0.5, 0.6) is 5.75 Å². The summed E-state index contributed by atoms with van der Waals surface area (Å²) in [5.74, 6) is 1.30. The van der Waals surface area contributed by atoms with Gasteiger partial charge in [0.15, 0.2) is 0 Å². The van der Waals surface area contributed by atoms with Gasteiger partial charge in [0.1, 0.15) is 12.4 Å². The fraction of sp³-hybridized carbons (Fsp3) is 0.409. The van der Waals surface area contributed by atoms with Crippen LogP contribution in [0.25, 0.3) is 11.1 Å². The van der Waals surface area contributed by atoms with Crippen molar-refractivity contribution in [2.45, 2.75) is 32.1 Å². The van der Waals surface area contributed by atoms with E-state index in [1.54, 1.807) is 6.07 Å². The Labute approximate surface area is 155 Å². The maximum Gasteiger partial charge on any atom is 0.248 e. The molecule has 1 fully saturated rings. The summed E-state index contributed by atoms with van der Waals surface area (Å²) in [5.41, 5.74) is 7.88. The van der Waals surface area contributed by atoms with Crippen LogP contribution in [0.1, 0.15) is 42.5 Å². The molecule has 0 radical (unpaired) electrons. The van der Waals surface area contributed by atoms with Gasteiger partial charge in [0.25, 0.3) is 0 Å². The van der Waals surface area contributed by atoms with Crippen molar-refractivity contribution in [3.63, 3.8) is 0 Å². The van der Waals surface area contributed by atoms with E-state index < -0.39 is 5.91 Å².